The number of carbonyl (C=O) groups is 1. The molecule has 2 aliphatic rings. The van der Waals surface area contributed by atoms with Crippen molar-refractivity contribution in [2.75, 3.05) is 11.9 Å². The molecule has 31 heavy (non-hydrogen) atoms. The molecule has 8 heteroatoms. The minimum absolute atomic E-state index is 0.0153. The summed E-state index contributed by atoms with van der Waals surface area (Å²) in [5, 5.41) is 2.80. The number of anilines is 1. The molecule has 1 N–H and O–H groups in total. The Morgan fingerprint density at radius 2 is 1.81 bits per heavy atom. The molecule has 3 aromatic carbocycles. The number of hydrogen-bond acceptors (Lipinski definition) is 4. The number of hydrogen-bond donors (Lipinski definition) is 1. The van der Waals surface area contributed by atoms with Gasteiger partial charge in [-0.2, -0.15) is 4.31 Å². The normalized spacial score (nSPS) is 15.7. The molecule has 0 unspecified atom stereocenters. The van der Waals surface area contributed by atoms with E-state index in [2.05, 4.69) is 5.32 Å². The summed E-state index contributed by atoms with van der Waals surface area (Å²) in [5.74, 6) is 0.246. The second-order valence-electron chi connectivity index (χ2n) is 7.69. The van der Waals surface area contributed by atoms with Gasteiger partial charge in [0.15, 0.2) is 5.75 Å². The summed E-state index contributed by atoms with van der Waals surface area (Å²) >= 11 is 6.41. The first kappa shape index (κ1) is 20.1. The topological polar surface area (TPSA) is 75.7 Å². The number of halogens is 1. The Kier molecular flexibility index (Phi) is 4.77. The average Bonchev–Trinajstić information content (AvgIpc) is 2.87. The van der Waals surface area contributed by atoms with Gasteiger partial charge in [-0.25, -0.2) is 8.42 Å². The van der Waals surface area contributed by atoms with Crippen LogP contribution < -0.4 is 10.1 Å². The number of nitrogens with zero attached hydrogens (tertiary/aromatic N) is 1. The summed E-state index contributed by atoms with van der Waals surface area (Å²) < 4.78 is 34.2. The van der Waals surface area contributed by atoms with E-state index in [9.17, 15) is 13.2 Å². The van der Waals surface area contributed by atoms with E-state index in [1.807, 2.05) is 37.3 Å². The molecule has 0 radical (unpaired) electrons. The smallest absolute Gasteiger partial charge is 0.259 e. The fraction of sp³-hybridized carbons (Fsp3) is 0.174. The summed E-state index contributed by atoms with van der Waals surface area (Å²) in [5.41, 5.74) is 3.71. The fourth-order valence-corrected chi connectivity index (χ4v) is 5.87. The number of carbonyl (C=O) groups excluding carboxylic acids is 1. The molecule has 0 fully saturated rings. The van der Waals surface area contributed by atoms with Crippen LogP contribution >= 0.6 is 11.6 Å². The van der Waals surface area contributed by atoms with E-state index in [0.717, 1.165) is 16.7 Å². The van der Waals surface area contributed by atoms with E-state index in [-0.39, 0.29) is 27.8 Å². The van der Waals surface area contributed by atoms with Crippen molar-refractivity contribution in [3.8, 4) is 11.5 Å². The Labute approximate surface area is 185 Å². The lowest BCUT2D eigenvalue weighted by Crippen LogP contribution is -2.36. The lowest BCUT2D eigenvalue weighted by atomic mass is 10.0. The van der Waals surface area contributed by atoms with E-state index in [1.54, 1.807) is 12.1 Å². The zero-order valence-corrected chi connectivity index (χ0v) is 18.3. The van der Waals surface area contributed by atoms with Gasteiger partial charge < -0.3 is 10.1 Å². The third-order valence-corrected chi connectivity index (χ3v) is 7.91. The number of amides is 1. The summed E-state index contributed by atoms with van der Waals surface area (Å²) in [4.78, 5) is 12.7. The lowest BCUT2D eigenvalue weighted by molar-refractivity contribution is 0.102. The first-order valence-electron chi connectivity index (χ1n) is 9.83. The number of benzene rings is 3. The Morgan fingerprint density at radius 1 is 1.03 bits per heavy atom. The molecule has 0 aromatic heterocycles. The maximum absolute atomic E-state index is 13.4. The summed E-state index contributed by atoms with van der Waals surface area (Å²) in [6.45, 7) is 2.52. The molecule has 0 bridgehead atoms. The van der Waals surface area contributed by atoms with E-state index in [1.165, 1.54) is 16.4 Å². The third kappa shape index (κ3) is 3.48. The van der Waals surface area contributed by atoms with Crippen molar-refractivity contribution in [1.29, 1.82) is 0 Å². The van der Waals surface area contributed by atoms with Crippen molar-refractivity contribution in [3.63, 3.8) is 0 Å². The number of rotatable bonds is 2. The zero-order valence-electron chi connectivity index (χ0n) is 16.7. The standard InChI is InChI=1S/C23H19ClN2O4S/c1-14-6-7-19-21(10-14)30-20-12-18(24)22(11-17(20)23(27)25-19)31(28,29)26-9-8-15-4-2-3-5-16(15)13-26/h2-7,10-12H,8-9,13H2,1H3,(H,25,27). The largest absolute Gasteiger partial charge is 0.454 e. The second-order valence-corrected chi connectivity index (χ2v) is 10.0. The predicted molar refractivity (Wildman–Crippen MR) is 118 cm³/mol. The minimum atomic E-state index is -3.91. The first-order valence-corrected chi connectivity index (χ1v) is 11.6. The van der Waals surface area contributed by atoms with Crippen molar-refractivity contribution in [2.24, 2.45) is 0 Å². The van der Waals surface area contributed by atoms with Gasteiger partial charge in [0, 0.05) is 19.2 Å². The molecule has 2 heterocycles. The molecule has 0 spiro atoms. The lowest BCUT2D eigenvalue weighted by Gasteiger charge is -2.28. The van der Waals surface area contributed by atoms with Gasteiger partial charge in [-0.1, -0.05) is 41.9 Å². The molecule has 6 nitrogen and oxygen atoms in total. The van der Waals surface area contributed by atoms with Crippen molar-refractivity contribution in [2.45, 2.75) is 24.8 Å². The Hall–Kier alpha value is -2.87. The number of aryl methyl sites for hydroxylation is 1. The van der Waals surface area contributed by atoms with Crippen molar-refractivity contribution in [1.82, 2.24) is 4.31 Å². The van der Waals surface area contributed by atoms with Gasteiger partial charge in [-0.05, 0) is 48.2 Å². The second kappa shape index (κ2) is 7.37. The van der Waals surface area contributed by atoms with Crippen LogP contribution in [-0.4, -0.2) is 25.2 Å². The zero-order chi connectivity index (χ0) is 21.8. The highest BCUT2D eigenvalue weighted by atomic mass is 35.5. The van der Waals surface area contributed by atoms with Gasteiger partial charge in [0.2, 0.25) is 10.0 Å². The van der Waals surface area contributed by atoms with Crippen LogP contribution in [0.2, 0.25) is 5.02 Å². The fourth-order valence-electron chi connectivity index (χ4n) is 3.93. The maximum Gasteiger partial charge on any atom is 0.259 e. The van der Waals surface area contributed by atoms with E-state index in [4.69, 9.17) is 16.3 Å². The minimum Gasteiger partial charge on any atom is -0.454 e. The van der Waals surface area contributed by atoms with Crippen LogP contribution in [-0.2, 0) is 23.0 Å². The molecular formula is C23H19ClN2O4S. The monoisotopic (exact) mass is 454 g/mol. The molecule has 0 aliphatic carbocycles. The molecule has 1 amide bonds. The Balaban J connectivity index is 1.55. The van der Waals surface area contributed by atoms with Crippen LogP contribution in [0.5, 0.6) is 11.5 Å². The molecular weight excluding hydrogens is 436 g/mol. The molecule has 2 aliphatic heterocycles. The summed E-state index contributed by atoms with van der Waals surface area (Å²) in [6, 6.07) is 15.9. The van der Waals surface area contributed by atoms with Gasteiger partial charge in [-0.15, -0.1) is 0 Å². The maximum atomic E-state index is 13.4. The predicted octanol–water partition coefficient (Wildman–Crippen LogP) is 4.75. The highest BCUT2D eigenvalue weighted by Crippen LogP contribution is 2.40. The van der Waals surface area contributed by atoms with E-state index >= 15 is 0 Å². The van der Waals surface area contributed by atoms with Crippen LogP contribution in [0.15, 0.2) is 59.5 Å². The van der Waals surface area contributed by atoms with E-state index in [0.29, 0.717) is 24.4 Å². The van der Waals surface area contributed by atoms with Crippen molar-refractivity contribution >= 4 is 33.2 Å². The summed E-state index contributed by atoms with van der Waals surface area (Å²) in [7, 11) is -3.91. The van der Waals surface area contributed by atoms with Crippen LogP contribution in [0.4, 0.5) is 5.69 Å². The van der Waals surface area contributed by atoms with Gasteiger partial charge >= 0.3 is 0 Å². The van der Waals surface area contributed by atoms with Gasteiger partial charge in [0.05, 0.1) is 16.3 Å². The van der Waals surface area contributed by atoms with Gasteiger partial charge in [0.1, 0.15) is 10.6 Å². The Bertz CT molecular complexity index is 1340. The molecule has 0 saturated heterocycles. The SMILES string of the molecule is Cc1ccc2c(c1)Oc1cc(Cl)c(S(=O)(=O)N3CCc4ccccc4C3)cc1C(=O)N2. The van der Waals surface area contributed by atoms with Crippen LogP contribution in [0.3, 0.4) is 0 Å². The number of ether oxygens (including phenoxy) is 1. The third-order valence-electron chi connectivity index (χ3n) is 5.60. The molecule has 0 saturated carbocycles. The number of sulfonamides is 1. The molecule has 158 valence electrons. The van der Waals surface area contributed by atoms with Crippen molar-refractivity contribution in [3.05, 3.63) is 81.9 Å². The number of nitrogens with one attached hydrogen (secondary N) is 1. The molecule has 3 aromatic rings. The van der Waals surface area contributed by atoms with Crippen LogP contribution in [0.1, 0.15) is 27.0 Å². The first-order chi connectivity index (χ1) is 14.8. The van der Waals surface area contributed by atoms with Gasteiger partial charge in [-0.3, -0.25) is 4.79 Å². The van der Waals surface area contributed by atoms with Crippen LogP contribution in [0.25, 0.3) is 0 Å². The van der Waals surface area contributed by atoms with Crippen molar-refractivity contribution < 1.29 is 17.9 Å². The van der Waals surface area contributed by atoms with Gasteiger partial charge in [0.25, 0.3) is 5.91 Å². The van der Waals surface area contributed by atoms with Crippen LogP contribution in [0, 0.1) is 6.92 Å². The Morgan fingerprint density at radius 3 is 2.61 bits per heavy atom. The van der Waals surface area contributed by atoms with E-state index < -0.39 is 15.9 Å². The highest BCUT2D eigenvalue weighted by molar-refractivity contribution is 7.89. The average molecular weight is 455 g/mol. The summed E-state index contributed by atoms with van der Waals surface area (Å²) in [6.07, 6.45) is 0.621. The quantitative estimate of drug-likeness (QED) is 0.606. The highest BCUT2D eigenvalue weighted by Gasteiger charge is 2.32. The molecule has 5 rings (SSSR count). The molecule has 0 atom stereocenters. The number of fused-ring (bicyclic) bond motifs is 3.